The van der Waals surface area contributed by atoms with Gasteiger partial charge < -0.3 is 10.8 Å². The zero-order valence-corrected chi connectivity index (χ0v) is 21.4. The molecule has 13 heteroatoms. The van der Waals surface area contributed by atoms with E-state index in [4.69, 9.17) is 5.73 Å². The molecule has 2 aromatic carbocycles. The van der Waals surface area contributed by atoms with Gasteiger partial charge in [0.05, 0.1) is 22.0 Å². The average Bonchev–Trinajstić information content (AvgIpc) is 2.83. The lowest BCUT2D eigenvalue weighted by Crippen LogP contribution is -2.22. The summed E-state index contributed by atoms with van der Waals surface area (Å²) in [5, 5.41) is 18.6. The number of Topliss-reactive ketones (excluding diaryl/α,β-unsaturated/α-hetero) is 1. The number of aromatic nitrogens is 3. The molecule has 2 aromatic heterocycles. The number of aryl methyl sites for hydroxylation is 2. The molecule has 4 N–H and O–H groups in total. The number of sulfonamides is 1. The Hall–Kier alpha value is -4.91. The minimum atomic E-state index is -3.99. The number of hydrogen-bond acceptors (Lipinski definition) is 10. The summed E-state index contributed by atoms with van der Waals surface area (Å²) in [6, 6.07) is 15.2. The van der Waals surface area contributed by atoms with Gasteiger partial charge >= 0.3 is 0 Å². The molecule has 2 heterocycles. The molecule has 12 nitrogen and oxygen atoms in total. The molecule has 0 aliphatic heterocycles. The Morgan fingerprint density at radius 2 is 1.61 bits per heavy atom. The maximum atomic E-state index is 13.2. The van der Waals surface area contributed by atoms with Gasteiger partial charge in [0.2, 0.25) is 11.8 Å². The van der Waals surface area contributed by atoms with Crippen molar-refractivity contribution in [2.75, 3.05) is 10.5 Å². The fourth-order valence-corrected chi connectivity index (χ4v) is 4.62. The first-order valence-electron chi connectivity index (χ1n) is 11.2. The van der Waals surface area contributed by atoms with Crippen molar-refractivity contribution >= 4 is 38.8 Å². The van der Waals surface area contributed by atoms with Gasteiger partial charge in [0.25, 0.3) is 15.6 Å². The van der Waals surface area contributed by atoms with Crippen LogP contribution in [0.4, 0.5) is 23.0 Å². The van der Waals surface area contributed by atoms with Crippen LogP contribution in [0.25, 0.3) is 5.69 Å². The van der Waals surface area contributed by atoms with E-state index in [0.717, 1.165) is 4.57 Å². The molecule has 4 rings (SSSR count). The number of benzene rings is 2. The number of nitrogens with one attached hydrogen (secondary N) is 1. The summed E-state index contributed by atoms with van der Waals surface area (Å²) in [5.41, 5.74) is 5.99. The van der Waals surface area contributed by atoms with Gasteiger partial charge in [0.15, 0.2) is 11.5 Å². The van der Waals surface area contributed by atoms with Crippen LogP contribution in [0.15, 0.2) is 80.6 Å². The van der Waals surface area contributed by atoms with E-state index in [-0.39, 0.29) is 33.5 Å². The molecule has 0 unspecified atom stereocenters. The van der Waals surface area contributed by atoms with Gasteiger partial charge in [-0.25, -0.2) is 27.7 Å². The fraction of sp³-hybridized carbons (Fsp3) is 0.120. The summed E-state index contributed by atoms with van der Waals surface area (Å²) in [7, 11) is -3.99. The number of nitrogens with zero attached hydrogens (tertiary/aromatic N) is 5. The summed E-state index contributed by atoms with van der Waals surface area (Å²) in [4.78, 5) is 33.5. The van der Waals surface area contributed by atoms with Crippen LogP contribution in [-0.4, -0.2) is 33.8 Å². The molecule has 194 valence electrons. The molecule has 0 amide bonds. The molecule has 4 aromatic rings. The molecule has 0 radical (unpaired) electrons. The van der Waals surface area contributed by atoms with Crippen LogP contribution in [0.2, 0.25) is 0 Å². The van der Waals surface area contributed by atoms with E-state index < -0.39 is 27.2 Å². The topological polar surface area (TPSA) is 182 Å². The Bertz CT molecular complexity index is 1710. The average molecular weight is 534 g/mol. The minimum absolute atomic E-state index is 0.0509. The van der Waals surface area contributed by atoms with Gasteiger partial charge in [-0.15, -0.1) is 5.11 Å². The predicted octanol–water partition coefficient (Wildman–Crippen LogP) is 3.95. The second-order valence-electron chi connectivity index (χ2n) is 8.27. The molecule has 0 aliphatic carbocycles. The van der Waals surface area contributed by atoms with Crippen molar-refractivity contribution in [3.05, 3.63) is 88.0 Å². The SMILES string of the molecule is CC(=O)c1c(N)c(N=Nc2ccc(S(=O)(=O)Nc3nc(C)cc(C)n3)cc2)c(=O)n(-c2ccccc2)c1O. The Labute approximate surface area is 217 Å². The van der Waals surface area contributed by atoms with Gasteiger partial charge in [0, 0.05) is 11.4 Å². The number of hydrogen-bond donors (Lipinski definition) is 3. The van der Waals surface area contributed by atoms with Gasteiger partial charge in [-0.3, -0.25) is 9.59 Å². The number of carbonyl (C=O) groups is 1. The van der Waals surface area contributed by atoms with Gasteiger partial charge in [-0.2, -0.15) is 5.11 Å². The number of nitrogen functional groups attached to an aromatic ring is 1. The van der Waals surface area contributed by atoms with E-state index in [1.807, 2.05) is 0 Å². The fourth-order valence-electron chi connectivity index (χ4n) is 3.68. The lowest BCUT2D eigenvalue weighted by atomic mass is 10.1. The van der Waals surface area contributed by atoms with E-state index in [1.165, 1.54) is 31.2 Å². The molecule has 0 fully saturated rings. The molecular formula is C25H23N7O5S. The Morgan fingerprint density at radius 1 is 1.00 bits per heavy atom. The third-order valence-electron chi connectivity index (χ3n) is 5.35. The molecule has 0 aliphatic rings. The third-order valence-corrected chi connectivity index (χ3v) is 6.70. The van der Waals surface area contributed by atoms with Crippen LogP contribution >= 0.6 is 0 Å². The summed E-state index contributed by atoms with van der Waals surface area (Å²) in [6.07, 6.45) is 0. The number of para-hydroxylation sites is 1. The highest BCUT2D eigenvalue weighted by molar-refractivity contribution is 7.92. The van der Waals surface area contributed by atoms with E-state index in [0.29, 0.717) is 17.1 Å². The first-order chi connectivity index (χ1) is 18.0. The normalized spacial score (nSPS) is 11.6. The van der Waals surface area contributed by atoms with Crippen molar-refractivity contribution < 1.29 is 18.3 Å². The number of pyridine rings is 1. The minimum Gasteiger partial charge on any atom is -0.494 e. The molecule has 0 atom stereocenters. The van der Waals surface area contributed by atoms with E-state index in [9.17, 15) is 23.1 Å². The quantitative estimate of drug-likeness (QED) is 0.236. The lowest BCUT2D eigenvalue weighted by molar-refractivity contribution is 0.101. The molecular weight excluding hydrogens is 510 g/mol. The maximum Gasteiger partial charge on any atom is 0.287 e. The predicted molar refractivity (Wildman–Crippen MR) is 141 cm³/mol. The molecule has 0 saturated heterocycles. The van der Waals surface area contributed by atoms with E-state index in [2.05, 4.69) is 24.9 Å². The largest absolute Gasteiger partial charge is 0.494 e. The summed E-state index contributed by atoms with van der Waals surface area (Å²) < 4.78 is 28.7. The Balaban J connectivity index is 1.68. The highest BCUT2D eigenvalue weighted by Gasteiger charge is 2.24. The van der Waals surface area contributed by atoms with Crippen molar-refractivity contribution in [2.24, 2.45) is 10.2 Å². The number of rotatable bonds is 7. The van der Waals surface area contributed by atoms with Crippen LogP contribution in [-0.2, 0) is 10.0 Å². The maximum absolute atomic E-state index is 13.2. The van der Waals surface area contributed by atoms with E-state index >= 15 is 0 Å². The molecule has 38 heavy (non-hydrogen) atoms. The number of nitrogens with two attached hydrogens (primary N) is 1. The van der Waals surface area contributed by atoms with Crippen molar-refractivity contribution in [1.29, 1.82) is 0 Å². The van der Waals surface area contributed by atoms with E-state index in [1.54, 1.807) is 50.2 Å². The molecule has 0 bridgehead atoms. The number of ketones is 1. The van der Waals surface area contributed by atoms with Crippen molar-refractivity contribution in [3.8, 4) is 11.6 Å². The van der Waals surface area contributed by atoms with Crippen molar-refractivity contribution in [1.82, 2.24) is 14.5 Å². The van der Waals surface area contributed by atoms with Gasteiger partial charge in [0.1, 0.15) is 5.56 Å². The van der Waals surface area contributed by atoms with Gasteiger partial charge in [-0.05, 0) is 63.2 Å². The smallest absolute Gasteiger partial charge is 0.287 e. The second kappa shape index (κ2) is 10.2. The third kappa shape index (κ3) is 5.27. The highest BCUT2D eigenvalue weighted by atomic mass is 32.2. The summed E-state index contributed by atoms with van der Waals surface area (Å²) >= 11 is 0. The second-order valence-corrected chi connectivity index (χ2v) is 9.95. The van der Waals surface area contributed by atoms with Crippen molar-refractivity contribution in [3.63, 3.8) is 0 Å². The summed E-state index contributed by atoms with van der Waals surface area (Å²) in [5.74, 6) is -1.24. The summed E-state index contributed by atoms with van der Waals surface area (Å²) in [6.45, 7) is 4.64. The number of azo groups is 1. The zero-order valence-electron chi connectivity index (χ0n) is 20.6. The van der Waals surface area contributed by atoms with Crippen LogP contribution < -0.4 is 16.0 Å². The van der Waals surface area contributed by atoms with Crippen LogP contribution in [0.3, 0.4) is 0 Å². The van der Waals surface area contributed by atoms with Crippen molar-refractivity contribution in [2.45, 2.75) is 25.7 Å². The molecule has 0 spiro atoms. The first-order valence-corrected chi connectivity index (χ1v) is 12.7. The van der Waals surface area contributed by atoms with Crippen LogP contribution in [0.1, 0.15) is 28.7 Å². The number of carbonyl (C=O) groups excluding carboxylic acids is 1. The lowest BCUT2D eigenvalue weighted by Gasteiger charge is -2.14. The molecule has 0 saturated carbocycles. The monoisotopic (exact) mass is 533 g/mol. The number of anilines is 2. The Morgan fingerprint density at radius 3 is 2.18 bits per heavy atom. The standard InChI is InChI=1S/C25H23N7O5S/c1-14-13-15(2)28-25(27-14)31-38(36,37)19-11-9-17(10-12-19)29-30-22-21(26)20(16(3)33)23(34)32(24(22)35)18-7-5-4-6-8-18/h4-13,34H,26H2,1-3H3,(H,27,28,31). The van der Waals surface area contributed by atoms with Gasteiger partial charge in [-0.1, -0.05) is 18.2 Å². The Kier molecular flexibility index (Phi) is 7.04. The first kappa shape index (κ1) is 26.2. The van der Waals surface area contributed by atoms with Crippen LogP contribution in [0, 0.1) is 13.8 Å². The zero-order chi connectivity index (χ0) is 27.6. The highest BCUT2D eigenvalue weighted by Crippen LogP contribution is 2.32. The van der Waals surface area contributed by atoms with Crippen LogP contribution in [0.5, 0.6) is 5.88 Å². The number of aromatic hydroxyl groups is 1.